The summed E-state index contributed by atoms with van der Waals surface area (Å²) in [6.45, 7) is 2.05. The standard InChI is InChI=1S/C26H35N5O3S/c1-30-25-11-8-20(15-21(25)16-28-30)19-6-9-23(10-7-19)34-18-22-17-31(26-5-3-4-13-27-26)14-12-24(22)29-35(2,32)33/h3-5,8,11,13,15-16,19,22-24,29H,6-7,9-10,12,14,17-18H2,1-2H3/t19?,22?,23?,24-/m0/s1. The van der Waals surface area contributed by atoms with Crippen LogP contribution in [0.1, 0.15) is 43.6 Å². The van der Waals surface area contributed by atoms with Crippen LogP contribution in [0, 0.1) is 5.92 Å². The Balaban J connectivity index is 1.18. The molecule has 1 saturated heterocycles. The fourth-order valence-electron chi connectivity index (χ4n) is 5.64. The highest BCUT2D eigenvalue weighted by molar-refractivity contribution is 7.88. The number of sulfonamides is 1. The average molecular weight is 498 g/mol. The van der Waals surface area contributed by atoms with Gasteiger partial charge in [-0.15, -0.1) is 0 Å². The second-order valence-corrected chi connectivity index (χ2v) is 11.9. The number of anilines is 1. The van der Waals surface area contributed by atoms with E-state index in [2.05, 4.69) is 37.9 Å². The Morgan fingerprint density at radius 1 is 1.11 bits per heavy atom. The predicted molar refractivity (Wildman–Crippen MR) is 138 cm³/mol. The normalized spacial score (nSPS) is 25.7. The van der Waals surface area contributed by atoms with E-state index >= 15 is 0 Å². The highest BCUT2D eigenvalue weighted by atomic mass is 32.2. The van der Waals surface area contributed by atoms with Crippen molar-refractivity contribution in [1.82, 2.24) is 19.5 Å². The van der Waals surface area contributed by atoms with Crippen molar-refractivity contribution in [3.05, 3.63) is 54.4 Å². The lowest BCUT2D eigenvalue weighted by atomic mass is 9.82. The molecule has 3 aromatic rings. The minimum absolute atomic E-state index is 0.0752. The van der Waals surface area contributed by atoms with Gasteiger partial charge < -0.3 is 9.64 Å². The summed E-state index contributed by atoms with van der Waals surface area (Å²) in [6, 6.07) is 12.5. The van der Waals surface area contributed by atoms with E-state index in [1.165, 1.54) is 17.2 Å². The van der Waals surface area contributed by atoms with Gasteiger partial charge in [0.1, 0.15) is 5.82 Å². The Kier molecular flexibility index (Phi) is 7.09. The van der Waals surface area contributed by atoms with E-state index in [1.54, 1.807) is 6.20 Å². The number of fused-ring (bicyclic) bond motifs is 1. The third kappa shape index (κ3) is 5.85. The quantitative estimate of drug-likeness (QED) is 0.538. The van der Waals surface area contributed by atoms with E-state index in [0.717, 1.165) is 56.5 Å². The lowest BCUT2D eigenvalue weighted by molar-refractivity contribution is -0.00213. The molecule has 1 unspecified atom stereocenters. The molecule has 5 rings (SSSR count). The van der Waals surface area contributed by atoms with Crippen LogP contribution in [0.4, 0.5) is 5.82 Å². The molecular formula is C26H35N5O3S. The summed E-state index contributed by atoms with van der Waals surface area (Å²) in [7, 11) is -1.31. The molecule has 1 aliphatic heterocycles. The number of ether oxygens (including phenoxy) is 1. The first kappa shape index (κ1) is 24.2. The van der Waals surface area contributed by atoms with Crippen molar-refractivity contribution in [2.45, 2.75) is 50.2 Å². The first-order chi connectivity index (χ1) is 16.9. The van der Waals surface area contributed by atoms with Crippen LogP contribution in [0.25, 0.3) is 10.9 Å². The fourth-order valence-corrected chi connectivity index (χ4v) is 6.50. The van der Waals surface area contributed by atoms with Crippen LogP contribution in [0.5, 0.6) is 0 Å². The largest absolute Gasteiger partial charge is 0.378 e. The van der Waals surface area contributed by atoms with E-state index < -0.39 is 10.0 Å². The van der Waals surface area contributed by atoms with Crippen molar-refractivity contribution >= 4 is 26.7 Å². The van der Waals surface area contributed by atoms with E-state index in [4.69, 9.17) is 4.74 Å². The zero-order valence-corrected chi connectivity index (χ0v) is 21.3. The van der Waals surface area contributed by atoms with Crippen LogP contribution < -0.4 is 9.62 Å². The van der Waals surface area contributed by atoms with Gasteiger partial charge >= 0.3 is 0 Å². The number of aromatic nitrogens is 3. The van der Waals surface area contributed by atoms with Crippen molar-refractivity contribution in [2.75, 3.05) is 30.9 Å². The topological polar surface area (TPSA) is 89.3 Å². The maximum atomic E-state index is 12.0. The molecule has 1 saturated carbocycles. The number of pyridine rings is 1. The lowest BCUT2D eigenvalue weighted by Crippen LogP contribution is -2.52. The zero-order valence-electron chi connectivity index (χ0n) is 20.5. The molecular weight excluding hydrogens is 462 g/mol. The number of benzene rings is 1. The van der Waals surface area contributed by atoms with Gasteiger partial charge in [-0.2, -0.15) is 5.10 Å². The maximum Gasteiger partial charge on any atom is 0.208 e. The SMILES string of the molecule is Cn1ncc2cc(C3CCC(OCC4CN(c5ccccn5)CC[C@@H]4NS(C)(=O)=O)CC3)ccc21. The number of piperidine rings is 1. The second-order valence-electron chi connectivity index (χ2n) is 10.1. The molecule has 0 bridgehead atoms. The van der Waals surface area contributed by atoms with Crippen LogP contribution in [0.15, 0.2) is 48.8 Å². The summed E-state index contributed by atoms with van der Waals surface area (Å²) in [5, 5.41) is 5.56. The molecule has 1 N–H and O–H groups in total. The third-order valence-electron chi connectivity index (χ3n) is 7.53. The van der Waals surface area contributed by atoms with Crippen molar-refractivity contribution in [3.8, 4) is 0 Å². The van der Waals surface area contributed by atoms with Gasteiger partial charge in [0.15, 0.2) is 0 Å². The molecule has 3 heterocycles. The highest BCUT2D eigenvalue weighted by Crippen LogP contribution is 2.35. The molecule has 35 heavy (non-hydrogen) atoms. The van der Waals surface area contributed by atoms with Gasteiger partial charge in [0.05, 0.1) is 30.7 Å². The summed E-state index contributed by atoms with van der Waals surface area (Å²) >= 11 is 0. The Morgan fingerprint density at radius 2 is 1.94 bits per heavy atom. The monoisotopic (exact) mass is 497 g/mol. The van der Waals surface area contributed by atoms with Crippen LogP contribution in [-0.2, 0) is 21.8 Å². The Morgan fingerprint density at radius 3 is 2.69 bits per heavy atom. The highest BCUT2D eigenvalue weighted by Gasteiger charge is 2.33. The van der Waals surface area contributed by atoms with Gasteiger partial charge in [-0.3, -0.25) is 4.68 Å². The molecule has 2 fully saturated rings. The second kappa shape index (κ2) is 10.2. The first-order valence-electron chi connectivity index (χ1n) is 12.5. The zero-order chi connectivity index (χ0) is 24.4. The molecule has 188 valence electrons. The van der Waals surface area contributed by atoms with Gasteiger partial charge in [-0.05, 0) is 67.9 Å². The Bertz CT molecular complexity index is 1240. The molecule has 9 heteroatoms. The van der Waals surface area contributed by atoms with Crippen molar-refractivity contribution in [1.29, 1.82) is 0 Å². The minimum atomic E-state index is -3.28. The number of rotatable bonds is 7. The van der Waals surface area contributed by atoms with Crippen LogP contribution >= 0.6 is 0 Å². The molecule has 0 amide bonds. The summed E-state index contributed by atoms with van der Waals surface area (Å²) in [4.78, 5) is 6.72. The number of hydrogen-bond acceptors (Lipinski definition) is 6. The van der Waals surface area contributed by atoms with Crippen LogP contribution in [0.2, 0.25) is 0 Å². The van der Waals surface area contributed by atoms with Gasteiger partial charge in [0, 0.05) is 43.7 Å². The summed E-state index contributed by atoms with van der Waals surface area (Å²) in [6.07, 6.45) is 10.2. The van der Waals surface area contributed by atoms with Gasteiger partial charge in [0.25, 0.3) is 0 Å². The Hall–Kier alpha value is -2.49. The van der Waals surface area contributed by atoms with Crippen LogP contribution in [0.3, 0.4) is 0 Å². The number of nitrogens with one attached hydrogen (secondary N) is 1. The van der Waals surface area contributed by atoms with Gasteiger partial charge in [-0.1, -0.05) is 12.1 Å². The van der Waals surface area contributed by atoms with E-state index in [-0.39, 0.29) is 18.1 Å². The molecule has 2 atom stereocenters. The molecule has 2 aromatic heterocycles. The summed E-state index contributed by atoms with van der Waals surface area (Å²) in [5.74, 6) is 1.56. The summed E-state index contributed by atoms with van der Waals surface area (Å²) in [5.41, 5.74) is 2.55. The molecule has 0 spiro atoms. The lowest BCUT2D eigenvalue weighted by Gasteiger charge is -2.40. The van der Waals surface area contributed by atoms with E-state index in [1.807, 2.05) is 36.1 Å². The summed E-state index contributed by atoms with van der Waals surface area (Å²) < 4.78 is 35.1. The third-order valence-corrected chi connectivity index (χ3v) is 8.27. The predicted octanol–water partition coefficient (Wildman–Crippen LogP) is 3.46. The van der Waals surface area contributed by atoms with Crippen molar-refractivity contribution in [3.63, 3.8) is 0 Å². The molecule has 0 radical (unpaired) electrons. The maximum absolute atomic E-state index is 12.0. The van der Waals surface area contributed by atoms with Crippen molar-refractivity contribution in [2.24, 2.45) is 13.0 Å². The smallest absolute Gasteiger partial charge is 0.208 e. The average Bonchev–Trinajstić information content (AvgIpc) is 3.23. The van der Waals surface area contributed by atoms with E-state index in [9.17, 15) is 8.42 Å². The number of hydrogen-bond donors (Lipinski definition) is 1. The molecule has 1 aromatic carbocycles. The molecule has 1 aliphatic carbocycles. The van der Waals surface area contributed by atoms with Gasteiger partial charge in [-0.25, -0.2) is 18.1 Å². The molecule has 8 nitrogen and oxygen atoms in total. The van der Waals surface area contributed by atoms with Crippen LogP contribution in [-0.4, -0.2) is 61.3 Å². The Labute approximate surface area is 207 Å². The van der Waals surface area contributed by atoms with Crippen molar-refractivity contribution < 1.29 is 13.2 Å². The first-order valence-corrected chi connectivity index (χ1v) is 14.4. The van der Waals surface area contributed by atoms with Gasteiger partial charge in [0.2, 0.25) is 10.0 Å². The fraction of sp³-hybridized carbons (Fsp3) is 0.538. The number of nitrogens with zero attached hydrogens (tertiary/aromatic N) is 4. The number of aryl methyl sites for hydroxylation is 1. The van der Waals surface area contributed by atoms with E-state index in [0.29, 0.717) is 12.5 Å². The minimum Gasteiger partial charge on any atom is -0.378 e. The molecule has 2 aliphatic rings.